The fourth-order valence-corrected chi connectivity index (χ4v) is 2.68. The average molecular weight is 333 g/mol. The van der Waals surface area contributed by atoms with Gasteiger partial charge in [-0.05, 0) is 55.3 Å². The molecule has 0 saturated carbocycles. The number of aromatic nitrogens is 4. The van der Waals surface area contributed by atoms with Gasteiger partial charge in [0.25, 0.3) is 0 Å². The molecule has 128 valence electrons. The van der Waals surface area contributed by atoms with Crippen LogP contribution in [0.15, 0.2) is 18.2 Å². The average Bonchev–Trinajstić information content (AvgIpc) is 3.05. The lowest BCUT2D eigenvalue weighted by atomic mass is 10.0. The Morgan fingerprint density at radius 2 is 2.29 bits per heavy atom. The molecule has 1 atom stereocenters. The highest BCUT2D eigenvalue weighted by molar-refractivity contribution is 5.92. The van der Waals surface area contributed by atoms with Crippen LogP contribution in [0, 0.1) is 11.7 Å². The molecule has 1 aromatic carbocycles. The number of anilines is 1. The van der Waals surface area contributed by atoms with Gasteiger partial charge in [-0.3, -0.25) is 4.79 Å². The van der Waals surface area contributed by atoms with Crippen LogP contribution in [0.1, 0.15) is 32.7 Å². The predicted molar refractivity (Wildman–Crippen MR) is 85.8 cm³/mol. The molecule has 0 spiro atoms. The second-order valence-electron chi connectivity index (χ2n) is 6.14. The van der Waals surface area contributed by atoms with Crippen LogP contribution < -0.4 is 5.32 Å². The van der Waals surface area contributed by atoms with Crippen LogP contribution in [-0.2, 0) is 9.53 Å². The summed E-state index contributed by atoms with van der Waals surface area (Å²) in [5, 5.41) is 14.1. The first-order chi connectivity index (χ1) is 11.6. The van der Waals surface area contributed by atoms with Crippen molar-refractivity contribution in [3.8, 4) is 11.4 Å². The number of amides is 1. The van der Waals surface area contributed by atoms with E-state index in [-0.39, 0.29) is 17.9 Å². The molecule has 1 fully saturated rings. The predicted octanol–water partition coefficient (Wildman–Crippen LogP) is 2.43. The van der Waals surface area contributed by atoms with E-state index >= 15 is 0 Å². The van der Waals surface area contributed by atoms with Crippen molar-refractivity contribution in [3.63, 3.8) is 0 Å². The number of halogens is 1. The molecule has 2 aromatic rings. The number of tetrazole rings is 1. The van der Waals surface area contributed by atoms with Gasteiger partial charge in [-0.1, -0.05) is 0 Å². The summed E-state index contributed by atoms with van der Waals surface area (Å²) in [6.45, 7) is 4.93. The second kappa shape index (κ2) is 7.04. The molecular formula is C16H20FN5O2. The second-order valence-corrected chi connectivity index (χ2v) is 6.14. The van der Waals surface area contributed by atoms with Gasteiger partial charge >= 0.3 is 0 Å². The molecule has 3 rings (SSSR count). The van der Waals surface area contributed by atoms with Gasteiger partial charge in [0, 0.05) is 12.3 Å². The Labute approximate surface area is 139 Å². The summed E-state index contributed by atoms with van der Waals surface area (Å²) < 4.78 is 21.3. The lowest BCUT2D eigenvalue weighted by molar-refractivity contribution is -0.123. The zero-order valence-corrected chi connectivity index (χ0v) is 13.7. The van der Waals surface area contributed by atoms with Gasteiger partial charge in [-0.25, -0.2) is 9.07 Å². The van der Waals surface area contributed by atoms with Gasteiger partial charge in [-0.15, -0.1) is 5.10 Å². The standard InChI is InChI=1S/C16H20FN5O2/c1-10(2)22-15(19-20-21-22)13-6-5-12(8-14(13)17)18-16(23)11-4-3-7-24-9-11/h5-6,8,10-11H,3-4,7,9H2,1-2H3,(H,18,23). The zero-order chi connectivity index (χ0) is 17.1. The maximum absolute atomic E-state index is 14.5. The molecule has 1 unspecified atom stereocenters. The summed E-state index contributed by atoms with van der Waals surface area (Å²) in [5.41, 5.74) is 0.711. The molecule has 7 nitrogen and oxygen atoms in total. The fraction of sp³-hybridized carbons (Fsp3) is 0.500. The van der Waals surface area contributed by atoms with Crippen molar-refractivity contribution in [2.45, 2.75) is 32.7 Å². The van der Waals surface area contributed by atoms with Crippen LogP contribution in [-0.4, -0.2) is 39.3 Å². The summed E-state index contributed by atoms with van der Waals surface area (Å²) in [4.78, 5) is 12.2. The van der Waals surface area contributed by atoms with Crippen LogP contribution >= 0.6 is 0 Å². The molecule has 1 aromatic heterocycles. The molecule has 1 saturated heterocycles. The highest BCUT2D eigenvalue weighted by atomic mass is 19.1. The van der Waals surface area contributed by atoms with Crippen molar-refractivity contribution in [1.29, 1.82) is 0 Å². The van der Waals surface area contributed by atoms with Crippen LogP contribution in [0.2, 0.25) is 0 Å². The molecule has 2 heterocycles. The van der Waals surface area contributed by atoms with E-state index in [9.17, 15) is 9.18 Å². The Morgan fingerprint density at radius 3 is 2.96 bits per heavy atom. The molecule has 1 aliphatic rings. The SMILES string of the molecule is CC(C)n1nnnc1-c1ccc(NC(=O)C2CCCOC2)cc1F. The lowest BCUT2D eigenvalue weighted by Crippen LogP contribution is -2.30. The number of benzene rings is 1. The molecule has 8 heteroatoms. The number of nitrogens with zero attached hydrogens (tertiary/aromatic N) is 4. The molecule has 0 radical (unpaired) electrons. The van der Waals surface area contributed by atoms with Gasteiger partial charge in [0.15, 0.2) is 5.82 Å². The van der Waals surface area contributed by atoms with Crippen molar-refractivity contribution in [3.05, 3.63) is 24.0 Å². The van der Waals surface area contributed by atoms with Gasteiger partial charge < -0.3 is 10.1 Å². The third kappa shape index (κ3) is 3.43. The minimum atomic E-state index is -0.482. The Balaban J connectivity index is 1.77. The van der Waals surface area contributed by atoms with Crippen LogP contribution in [0.3, 0.4) is 0 Å². The molecular weight excluding hydrogens is 313 g/mol. The molecule has 1 aliphatic heterocycles. The summed E-state index contributed by atoms with van der Waals surface area (Å²) in [6, 6.07) is 4.53. The minimum absolute atomic E-state index is 0.0140. The van der Waals surface area contributed by atoms with Crippen LogP contribution in [0.5, 0.6) is 0 Å². The summed E-state index contributed by atoms with van der Waals surface area (Å²) in [5.74, 6) is -0.450. The molecule has 0 aliphatic carbocycles. The van der Waals surface area contributed by atoms with E-state index in [2.05, 4.69) is 20.8 Å². The number of rotatable bonds is 4. The van der Waals surface area contributed by atoms with E-state index in [0.29, 0.717) is 30.3 Å². The van der Waals surface area contributed by atoms with E-state index in [0.717, 1.165) is 12.8 Å². The Hall–Kier alpha value is -2.35. The molecule has 1 N–H and O–H groups in total. The summed E-state index contributed by atoms with van der Waals surface area (Å²) >= 11 is 0. The first-order valence-electron chi connectivity index (χ1n) is 8.02. The number of hydrogen-bond acceptors (Lipinski definition) is 5. The van der Waals surface area contributed by atoms with E-state index in [4.69, 9.17) is 4.74 Å². The third-order valence-electron chi connectivity index (χ3n) is 3.99. The Kier molecular flexibility index (Phi) is 4.84. The Bertz CT molecular complexity index is 725. The van der Waals surface area contributed by atoms with Crippen LogP contribution in [0.4, 0.5) is 10.1 Å². The van der Waals surface area contributed by atoms with Crippen LogP contribution in [0.25, 0.3) is 11.4 Å². The van der Waals surface area contributed by atoms with E-state index in [1.807, 2.05) is 13.8 Å². The third-order valence-corrected chi connectivity index (χ3v) is 3.99. The van der Waals surface area contributed by atoms with E-state index < -0.39 is 5.82 Å². The lowest BCUT2D eigenvalue weighted by Gasteiger charge is -2.21. The van der Waals surface area contributed by atoms with Crippen molar-refractivity contribution >= 4 is 11.6 Å². The zero-order valence-electron chi connectivity index (χ0n) is 13.7. The minimum Gasteiger partial charge on any atom is -0.381 e. The van der Waals surface area contributed by atoms with Crippen molar-refractivity contribution in [1.82, 2.24) is 20.2 Å². The molecule has 24 heavy (non-hydrogen) atoms. The highest BCUT2D eigenvalue weighted by Gasteiger charge is 2.22. The number of carbonyl (C=O) groups is 1. The van der Waals surface area contributed by atoms with Gasteiger partial charge in [0.05, 0.1) is 24.1 Å². The maximum Gasteiger partial charge on any atom is 0.229 e. The van der Waals surface area contributed by atoms with Gasteiger partial charge in [0.1, 0.15) is 5.82 Å². The van der Waals surface area contributed by atoms with Gasteiger partial charge in [-0.2, -0.15) is 0 Å². The van der Waals surface area contributed by atoms with Crippen molar-refractivity contribution in [2.75, 3.05) is 18.5 Å². The monoisotopic (exact) mass is 333 g/mol. The number of hydrogen-bond donors (Lipinski definition) is 1. The first-order valence-corrected chi connectivity index (χ1v) is 8.02. The molecule has 0 bridgehead atoms. The largest absolute Gasteiger partial charge is 0.381 e. The van der Waals surface area contributed by atoms with E-state index in [1.54, 1.807) is 16.8 Å². The first kappa shape index (κ1) is 16.5. The van der Waals surface area contributed by atoms with Crippen molar-refractivity contribution < 1.29 is 13.9 Å². The highest BCUT2D eigenvalue weighted by Crippen LogP contribution is 2.25. The normalized spacial score (nSPS) is 17.9. The van der Waals surface area contributed by atoms with Gasteiger partial charge in [0.2, 0.25) is 5.91 Å². The smallest absolute Gasteiger partial charge is 0.229 e. The van der Waals surface area contributed by atoms with E-state index in [1.165, 1.54) is 6.07 Å². The summed E-state index contributed by atoms with van der Waals surface area (Å²) in [7, 11) is 0. The fourth-order valence-electron chi connectivity index (χ4n) is 2.68. The molecule has 1 amide bonds. The van der Waals surface area contributed by atoms with Crippen molar-refractivity contribution in [2.24, 2.45) is 5.92 Å². The Morgan fingerprint density at radius 1 is 1.46 bits per heavy atom. The quantitative estimate of drug-likeness (QED) is 0.929. The number of ether oxygens (including phenoxy) is 1. The summed E-state index contributed by atoms with van der Waals surface area (Å²) in [6.07, 6.45) is 1.65. The topological polar surface area (TPSA) is 81.9 Å². The maximum atomic E-state index is 14.5. The number of carbonyl (C=O) groups excluding carboxylic acids is 1. The number of nitrogens with one attached hydrogen (secondary N) is 1.